The second kappa shape index (κ2) is 6.21. The highest BCUT2D eigenvalue weighted by molar-refractivity contribution is 5.81. The van der Waals surface area contributed by atoms with Gasteiger partial charge in [0.1, 0.15) is 0 Å². The van der Waals surface area contributed by atoms with Crippen LogP contribution in [-0.4, -0.2) is 61.0 Å². The predicted molar refractivity (Wildman–Crippen MR) is 66.4 cm³/mol. The summed E-state index contributed by atoms with van der Waals surface area (Å²) in [6.07, 6.45) is 1.15. The van der Waals surface area contributed by atoms with Gasteiger partial charge < -0.3 is 10.2 Å². The van der Waals surface area contributed by atoms with Crippen LogP contribution in [0.5, 0.6) is 0 Å². The van der Waals surface area contributed by atoms with Gasteiger partial charge in [0.2, 0.25) is 5.91 Å². The molecule has 0 aromatic rings. The number of hydrogen-bond acceptors (Lipinski definition) is 3. The molecule has 4 heteroatoms. The van der Waals surface area contributed by atoms with Crippen molar-refractivity contribution in [3.05, 3.63) is 0 Å². The van der Waals surface area contributed by atoms with Crippen molar-refractivity contribution in [2.45, 2.75) is 39.3 Å². The van der Waals surface area contributed by atoms with Gasteiger partial charge in [0.05, 0.1) is 6.04 Å². The summed E-state index contributed by atoms with van der Waals surface area (Å²) < 4.78 is 0. The van der Waals surface area contributed by atoms with Crippen LogP contribution >= 0.6 is 0 Å². The fourth-order valence-electron chi connectivity index (χ4n) is 2.28. The highest BCUT2D eigenvalue weighted by atomic mass is 16.2. The molecule has 94 valence electrons. The lowest BCUT2D eigenvalue weighted by Gasteiger charge is -2.32. The van der Waals surface area contributed by atoms with Crippen LogP contribution in [0.25, 0.3) is 0 Å². The first-order valence-corrected chi connectivity index (χ1v) is 6.33. The standard InChI is InChI=1S/C12H25N3O/c1-5-15(6-2)12(16)10(3)14(4)11-7-8-13-9-11/h10-11,13H,5-9H2,1-4H3. The largest absolute Gasteiger partial charge is 0.342 e. The van der Waals surface area contributed by atoms with Crippen LogP contribution in [0, 0.1) is 0 Å². The Morgan fingerprint density at radius 1 is 1.44 bits per heavy atom. The monoisotopic (exact) mass is 227 g/mol. The first kappa shape index (κ1) is 13.5. The number of carbonyl (C=O) groups excluding carboxylic acids is 1. The van der Waals surface area contributed by atoms with E-state index in [1.54, 1.807) is 0 Å². The van der Waals surface area contributed by atoms with Crippen LogP contribution < -0.4 is 5.32 Å². The Morgan fingerprint density at radius 2 is 2.06 bits per heavy atom. The average molecular weight is 227 g/mol. The Morgan fingerprint density at radius 3 is 2.50 bits per heavy atom. The SMILES string of the molecule is CCN(CC)C(=O)C(C)N(C)C1CCNC1. The molecule has 2 atom stereocenters. The van der Waals surface area contributed by atoms with E-state index < -0.39 is 0 Å². The molecule has 1 heterocycles. The van der Waals surface area contributed by atoms with E-state index in [0.29, 0.717) is 6.04 Å². The first-order chi connectivity index (χ1) is 7.61. The third kappa shape index (κ3) is 2.95. The van der Waals surface area contributed by atoms with E-state index >= 15 is 0 Å². The summed E-state index contributed by atoms with van der Waals surface area (Å²) in [6.45, 7) is 9.76. The smallest absolute Gasteiger partial charge is 0.239 e. The second-order valence-corrected chi connectivity index (χ2v) is 4.50. The summed E-state index contributed by atoms with van der Waals surface area (Å²) in [7, 11) is 2.06. The molecule has 0 aromatic heterocycles. The van der Waals surface area contributed by atoms with Crippen LogP contribution in [-0.2, 0) is 4.79 Å². The lowest BCUT2D eigenvalue weighted by molar-refractivity contribution is -0.136. The number of hydrogen-bond donors (Lipinski definition) is 1. The maximum absolute atomic E-state index is 12.2. The van der Waals surface area contributed by atoms with E-state index in [0.717, 1.165) is 32.6 Å². The number of carbonyl (C=O) groups is 1. The van der Waals surface area contributed by atoms with Crippen LogP contribution in [0.4, 0.5) is 0 Å². The molecule has 1 aliphatic heterocycles. The van der Waals surface area contributed by atoms with Gasteiger partial charge in [0, 0.05) is 25.7 Å². The number of likely N-dealkylation sites (N-methyl/N-ethyl adjacent to an activating group) is 2. The topological polar surface area (TPSA) is 35.6 Å². The summed E-state index contributed by atoms with van der Waals surface area (Å²) in [5.74, 6) is 0.249. The molecule has 0 saturated carbocycles. The van der Waals surface area contributed by atoms with Gasteiger partial charge in [0.15, 0.2) is 0 Å². The van der Waals surface area contributed by atoms with E-state index in [4.69, 9.17) is 0 Å². The molecule has 1 amide bonds. The molecular formula is C12H25N3O. The zero-order valence-electron chi connectivity index (χ0n) is 11.0. The number of nitrogens with zero attached hydrogens (tertiary/aromatic N) is 2. The highest BCUT2D eigenvalue weighted by Gasteiger charge is 2.28. The Labute approximate surface area is 99.0 Å². The molecule has 1 rings (SSSR count). The lowest BCUT2D eigenvalue weighted by Crippen LogP contribution is -2.49. The Kier molecular flexibility index (Phi) is 5.22. The van der Waals surface area contributed by atoms with E-state index in [1.807, 2.05) is 25.7 Å². The van der Waals surface area contributed by atoms with Crippen LogP contribution in [0.2, 0.25) is 0 Å². The predicted octanol–water partition coefficient (Wildman–Crippen LogP) is 0.537. The number of nitrogens with one attached hydrogen (secondary N) is 1. The Bertz CT molecular complexity index is 222. The van der Waals surface area contributed by atoms with Gasteiger partial charge in [-0.15, -0.1) is 0 Å². The third-order valence-electron chi connectivity index (χ3n) is 3.65. The average Bonchev–Trinajstić information content (AvgIpc) is 2.82. The summed E-state index contributed by atoms with van der Waals surface area (Å²) in [5.41, 5.74) is 0. The molecule has 1 aliphatic rings. The van der Waals surface area contributed by atoms with Gasteiger partial charge in [-0.2, -0.15) is 0 Å². The molecule has 0 aliphatic carbocycles. The van der Waals surface area contributed by atoms with E-state index in [9.17, 15) is 4.79 Å². The van der Waals surface area contributed by atoms with Gasteiger partial charge in [-0.05, 0) is 40.8 Å². The number of amides is 1. The molecule has 0 bridgehead atoms. The maximum atomic E-state index is 12.2. The molecule has 4 nitrogen and oxygen atoms in total. The quantitative estimate of drug-likeness (QED) is 0.744. The molecule has 16 heavy (non-hydrogen) atoms. The van der Waals surface area contributed by atoms with Crippen LogP contribution in [0.3, 0.4) is 0 Å². The zero-order chi connectivity index (χ0) is 12.1. The fraction of sp³-hybridized carbons (Fsp3) is 0.917. The molecule has 0 aromatic carbocycles. The maximum Gasteiger partial charge on any atom is 0.239 e. The highest BCUT2D eigenvalue weighted by Crippen LogP contribution is 2.11. The van der Waals surface area contributed by atoms with Crippen molar-refractivity contribution in [1.29, 1.82) is 0 Å². The summed E-state index contributed by atoms with van der Waals surface area (Å²) in [5, 5.41) is 3.34. The van der Waals surface area contributed by atoms with E-state index in [2.05, 4.69) is 17.3 Å². The van der Waals surface area contributed by atoms with Crippen LogP contribution in [0.15, 0.2) is 0 Å². The van der Waals surface area contributed by atoms with Gasteiger partial charge in [-0.1, -0.05) is 0 Å². The lowest BCUT2D eigenvalue weighted by atomic mass is 10.1. The molecular weight excluding hydrogens is 202 g/mol. The molecule has 1 saturated heterocycles. The molecule has 2 unspecified atom stereocenters. The molecule has 0 radical (unpaired) electrons. The Hall–Kier alpha value is -0.610. The first-order valence-electron chi connectivity index (χ1n) is 6.33. The fourth-order valence-corrected chi connectivity index (χ4v) is 2.28. The Balaban J connectivity index is 2.54. The minimum atomic E-state index is -0.00944. The van der Waals surface area contributed by atoms with E-state index in [1.165, 1.54) is 0 Å². The van der Waals surface area contributed by atoms with Crippen molar-refractivity contribution in [2.24, 2.45) is 0 Å². The van der Waals surface area contributed by atoms with Gasteiger partial charge >= 0.3 is 0 Å². The zero-order valence-corrected chi connectivity index (χ0v) is 11.0. The van der Waals surface area contributed by atoms with Crippen molar-refractivity contribution >= 4 is 5.91 Å². The van der Waals surface area contributed by atoms with Crippen molar-refractivity contribution in [3.8, 4) is 0 Å². The molecule has 1 N–H and O–H groups in total. The van der Waals surface area contributed by atoms with Crippen molar-refractivity contribution in [1.82, 2.24) is 15.1 Å². The third-order valence-corrected chi connectivity index (χ3v) is 3.65. The summed E-state index contributed by atoms with van der Waals surface area (Å²) in [4.78, 5) is 16.3. The van der Waals surface area contributed by atoms with Crippen molar-refractivity contribution in [2.75, 3.05) is 33.2 Å². The van der Waals surface area contributed by atoms with Gasteiger partial charge in [-0.25, -0.2) is 0 Å². The normalized spacial score (nSPS) is 22.4. The molecule has 0 spiro atoms. The molecule has 1 fully saturated rings. The summed E-state index contributed by atoms with van der Waals surface area (Å²) >= 11 is 0. The minimum absolute atomic E-state index is 0.00944. The number of rotatable bonds is 5. The van der Waals surface area contributed by atoms with Crippen LogP contribution in [0.1, 0.15) is 27.2 Å². The summed E-state index contributed by atoms with van der Waals surface area (Å²) in [6, 6.07) is 0.499. The van der Waals surface area contributed by atoms with Crippen molar-refractivity contribution < 1.29 is 4.79 Å². The second-order valence-electron chi connectivity index (χ2n) is 4.50. The van der Waals surface area contributed by atoms with E-state index in [-0.39, 0.29) is 11.9 Å². The van der Waals surface area contributed by atoms with Crippen molar-refractivity contribution in [3.63, 3.8) is 0 Å². The minimum Gasteiger partial charge on any atom is -0.342 e. The van der Waals surface area contributed by atoms with Gasteiger partial charge in [0.25, 0.3) is 0 Å². The van der Waals surface area contributed by atoms with Gasteiger partial charge in [-0.3, -0.25) is 9.69 Å².